The van der Waals surface area contributed by atoms with Crippen molar-refractivity contribution in [2.45, 2.75) is 19.5 Å². The summed E-state index contributed by atoms with van der Waals surface area (Å²) in [7, 11) is 0. The Morgan fingerprint density at radius 1 is 1.04 bits per heavy atom. The molecule has 130 valence electrons. The minimum Gasteiger partial charge on any atom is -0.356 e. The molecule has 5 nitrogen and oxygen atoms in total. The van der Waals surface area contributed by atoms with Crippen LogP contribution in [0.1, 0.15) is 17.5 Å². The van der Waals surface area contributed by atoms with Crippen molar-refractivity contribution < 1.29 is 0 Å². The highest BCUT2D eigenvalue weighted by Crippen LogP contribution is 2.14. The van der Waals surface area contributed by atoms with E-state index in [1.54, 1.807) is 0 Å². The van der Waals surface area contributed by atoms with E-state index in [1.807, 2.05) is 18.5 Å². The number of nitrogens with zero attached hydrogens (tertiary/aromatic N) is 3. The number of nitrogens with one attached hydrogen (secondary N) is 2. The van der Waals surface area contributed by atoms with Gasteiger partial charge in [-0.25, -0.2) is 4.98 Å². The predicted molar refractivity (Wildman–Crippen MR) is 112 cm³/mol. The predicted octanol–water partition coefficient (Wildman–Crippen LogP) is 3.14. The average Bonchev–Trinajstić information content (AvgIpc) is 3.05. The van der Waals surface area contributed by atoms with E-state index in [2.05, 4.69) is 61.6 Å². The lowest BCUT2D eigenvalue weighted by molar-refractivity contribution is 0.702. The number of para-hydroxylation sites is 2. The van der Waals surface area contributed by atoms with E-state index in [0.717, 1.165) is 44.1 Å². The van der Waals surface area contributed by atoms with Crippen molar-refractivity contribution in [2.24, 2.45) is 4.99 Å². The molecule has 0 bridgehead atoms. The van der Waals surface area contributed by atoms with E-state index in [-0.39, 0.29) is 24.0 Å². The summed E-state index contributed by atoms with van der Waals surface area (Å²) in [4.78, 5) is 8.87. The van der Waals surface area contributed by atoms with Gasteiger partial charge in [0.15, 0.2) is 5.96 Å². The maximum Gasteiger partial charge on any atom is 0.191 e. The smallest absolute Gasteiger partial charge is 0.191 e. The highest BCUT2D eigenvalue weighted by molar-refractivity contribution is 14.0. The maximum atomic E-state index is 4.45. The lowest BCUT2D eigenvalue weighted by atomic mass is 10.1. The number of rotatable bonds is 4. The highest BCUT2D eigenvalue weighted by Gasteiger charge is 2.04. The van der Waals surface area contributed by atoms with Gasteiger partial charge in [0.05, 0.1) is 17.4 Å². The standard InChI is InChI=1S/C19H21N5.HI/c1-2-5-18-17(4-1)23-14-24(18)13-16-8-6-15(7-9-16)12-22-19-20-10-3-11-21-19;/h1-2,4-9,14H,3,10-13H2,(H2,20,21,22);1H. The minimum atomic E-state index is 0. The van der Waals surface area contributed by atoms with E-state index in [0.29, 0.717) is 0 Å². The second kappa shape index (κ2) is 8.33. The summed E-state index contributed by atoms with van der Waals surface area (Å²) in [6.45, 7) is 3.54. The first kappa shape index (κ1) is 17.7. The van der Waals surface area contributed by atoms with Gasteiger partial charge in [-0.2, -0.15) is 0 Å². The Labute approximate surface area is 164 Å². The van der Waals surface area contributed by atoms with Crippen molar-refractivity contribution in [3.05, 3.63) is 66.0 Å². The fourth-order valence-corrected chi connectivity index (χ4v) is 2.93. The van der Waals surface area contributed by atoms with Crippen molar-refractivity contribution in [3.8, 4) is 0 Å². The van der Waals surface area contributed by atoms with Crippen LogP contribution in [0.25, 0.3) is 11.0 Å². The molecule has 1 aliphatic rings. The molecule has 0 saturated heterocycles. The van der Waals surface area contributed by atoms with Gasteiger partial charge in [-0.1, -0.05) is 36.4 Å². The van der Waals surface area contributed by atoms with Crippen molar-refractivity contribution in [1.29, 1.82) is 0 Å². The van der Waals surface area contributed by atoms with E-state index < -0.39 is 0 Å². The van der Waals surface area contributed by atoms with Gasteiger partial charge < -0.3 is 15.2 Å². The number of hydrogen-bond donors (Lipinski definition) is 2. The van der Waals surface area contributed by atoms with Crippen molar-refractivity contribution >= 4 is 41.0 Å². The minimum absolute atomic E-state index is 0. The van der Waals surface area contributed by atoms with Gasteiger partial charge in [0.2, 0.25) is 0 Å². The monoisotopic (exact) mass is 447 g/mol. The molecule has 1 aromatic heterocycles. The third-order valence-electron chi connectivity index (χ3n) is 4.26. The third-order valence-corrected chi connectivity index (χ3v) is 4.26. The molecule has 1 aliphatic heterocycles. The zero-order valence-corrected chi connectivity index (χ0v) is 16.3. The second-order valence-electron chi connectivity index (χ2n) is 6.04. The summed E-state index contributed by atoms with van der Waals surface area (Å²) in [5.41, 5.74) is 4.74. The number of benzene rings is 2. The summed E-state index contributed by atoms with van der Waals surface area (Å²) >= 11 is 0. The molecule has 2 heterocycles. The van der Waals surface area contributed by atoms with Crippen LogP contribution in [-0.4, -0.2) is 28.6 Å². The average molecular weight is 447 g/mol. The summed E-state index contributed by atoms with van der Waals surface area (Å²) in [6, 6.07) is 16.9. The second-order valence-corrected chi connectivity index (χ2v) is 6.04. The van der Waals surface area contributed by atoms with Gasteiger partial charge in [0.1, 0.15) is 0 Å². The Hall–Kier alpha value is -2.09. The lowest BCUT2D eigenvalue weighted by Gasteiger charge is -2.16. The fraction of sp³-hybridized carbons (Fsp3) is 0.263. The fourth-order valence-electron chi connectivity index (χ4n) is 2.93. The van der Waals surface area contributed by atoms with Crippen molar-refractivity contribution in [1.82, 2.24) is 20.2 Å². The quantitative estimate of drug-likeness (QED) is 0.605. The Bertz CT molecular complexity index is 854. The molecule has 2 aromatic carbocycles. The van der Waals surface area contributed by atoms with Gasteiger partial charge >= 0.3 is 0 Å². The van der Waals surface area contributed by atoms with Gasteiger partial charge in [0.25, 0.3) is 0 Å². The molecule has 3 aromatic rings. The molecule has 0 amide bonds. The van der Waals surface area contributed by atoms with Crippen molar-refractivity contribution in [3.63, 3.8) is 0 Å². The summed E-state index contributed by atoms with van der Waals surface area (Å²) in [5, 5.41) is 6.63. The number of halogens is 1. The number of aliphatic imine (C=N–C) groups is 1. The summed E-state index contributed by atoms with van der Waals surface area (Å²) in [6.07, 6.45) is 3.02. The Kier molecular flexibility index (Phi) is 5.91. The van der Waals surface area contributed by atoms with Crippen LogP contribution in [0.5, 0.6) is 0 Å². The normalized spacial score (nSPS) is 13.7. The lowest BCUT2D eigenvalue weighted by Crippen LogP contribution is -2.40. The molecule has 2 N–H and O–H groups in total. The summed E-state index contributed by atoms with van der Waals surface area (Å²) < 4.78 is 2.18. The SMILES string of the molecule is I.c1ccc2c(c1)ncn2Cc1ccc(CNC2=NCCCN2)cc1. The molecule has 0 radical (unpaired) electrons. The van der Waals surface area contributed by atoms with Crippen LogP contribution in [-0.2, 0) is 13.1 Å². The highest BCUT2D eigenvalue weighted by atomic mass is 127. The van der Waals surface area contributed by atoms with Crippen LogP contribution in [0.15, 0.2) is 59.9 Å². The summed E-state index contributed by atoms with van der Waals surface area (Å²) in [5.74, 6) is 0.912. The molecule has 0 fully saturated rings. The van der Waals surface area contributed by atoms with Crippen molar-refractivity contribution in [2.75, 3.05) is 13.1 Å². The van der Waals surface area contributed by atoms with Crippen LogP contribution in [0.2, 0.25) is 0 Å². The topological polar surface area (TPSA) is 54.2 Å². The van der Waals surface area contributed by atoms with Crippen LogP contribution >= 0.6 is 24.0 Å². The van der Waals surface area contributed by atoms with Crippen LogP contribution in [0.3, 0.4) is 0 Å². The van der Waals surface area contributed by atoms with E-state index in [9.17, 15) is 0 Å². The zero-order valence-electron chi connectivity index (χ0n) is 14.0. The first-order chi connectivity index (χ1) is 11.9. The number of fused-ring (bicyclic) bond motifs is 1. The molecule has 0 atom stereocenters. The molecule has 6 heteroatoms. The first-order valence-corrected chi connectivity index (χ1v) is 8.38. The zero-order chi connectivity index (χ0) is 16.2. The molecular formula is C19H22IN5. The van der Waals surface area contributed by atoms with E-state index >= 15 is 0 Å². The Morgan fingerprint density at radius 3 is 2.64 bits per heavy atom. The molecule has 0 unspecified atom stereocenters. The molecule has 0 spiro atoms. The Balaban J connectivity index is 0.00000182. The number of imidazole rings is 1. The van der Waals surface area contributed by atoms with Gasteiger partial charge in [-0.05, 0) is 29.7 Å². The van der Waals surface area contributed by atoms with Crippen LogP contribution in [0.4, 0.5) is 0 Å². The molecule has 0 saturated carbocycles. The maximum absolute atomic E-state index is 4.45. The number of hydrogen-bond acceptors (Lipinski definition) is 4. The molecule has 25 heavy (non-hydrogen) atoms. The van der Waals surface area contributed by atoms with Gasteiger partial charge in [0, 0.05) is 26.2 Å². The molecule has 0 aliphatic carbocycles. The number of aromatic nitrogens is 2. The van der Waals surface area contributed by atoms with E-state index in [4.69, 9.17) is 0 Å². The molecular weight excluding hydrogens is 425 g/mol. The molecule has 4 rings (SSSR count). The third kappa shape index (κ3) is 4.31. The largest absolute Gasteiger partial charge is 0.356 e. The first-order valence-electron chi connectivity index (χ1n) is 8.38. The number of guanidine groups is 1. The van der Waals surface area contributed by atoms with Crippen LogP contribution in [0, 0.1) is 0 Å². The van der Waals surface area contributed by atoms with Crippen LogP contribution < -0.4 is 10.6 Å². The van der Waals surface area contributed by atoms with Gasteiger partial charge in [-0.3, -0.25) is 4.99 Å². The van der Waals surface area contributed by atoms with E-state index in [1.165, 1.54) is 16.6 Å². The van der Waals surface area contributed by atoms with Gasteiger partial charge in [-0.15, -0.1) is 24.0 Å². The Morgan fingerprint density at radius 2 is 1.84 bits per heavy atom.